The monoisotopic (exact) mass is 326 g/mol. The van der Waals surface area contributed by atoms with Crippen LogP contribution in [-0.4, -0.2) is 5.78 Å². The van der Waals surface area contributed by atoms with E-state index in [2.05, 4.69) is 67.6 Å². The standard InChI is InChI=1S/C24H22O/c1-2-17-8-11-21(12-17)24(25)14-18-9-10-20-15-23(16-22(20)13-18)19-6-4-3-5-7-19/h3-10,12-13,16H,2,11,14-15H2,1H3. The van der Waals surface area contributed by atoms with Gasteiger partial charge in [0.1, 0.15) is 0 Å². The van der Waals surface area contributed by atoms with Gasteiger partial charge in [0.25, 0.3) is 0 Å². The molecular weight excluding hydrogens is 304 g/mol. The maximum absolute atomic E-state index is 12.5. The third kappa shape index (κ3) is 3.28. The normalized spacial score (nSPS) is 15.5. The summed E-state index contributed by atoms with van der Waals surface area (Å²) in [4.78, 5) is 12.5. The first kappa shape index (κ1) is 15.8. The molecule has 0 amide bonds. The van der Waals surface area contributed by atoms with Crippen LogP contribution in [0.15, 0.2) is 71.8 Å². The van der Waals surface area contributed by atoms with E-state index in [1.54, 1.807) is 0 Å². The van der Waals surface area contributed by atoms with E-state index in [-0.39, 0.29) is 5.78 Å². The Morgan fingerprint density at radius 1 is 1.04 bits per heavy atom. The van der Waals surface area contributed by atoms with Gasteiger partial charge in [-0.25, -0.2) is 0 Å². The zero-order valence-electron chi connectivity index (χ0n) is 14.6. The number of rotatable bonds is 5. The minimum Gasteiger partial charge on any atom is -0.294 e. The molecule has 0 atom stereocenters. The van der Waals surface area contributed by atoms with E-state index in [4.69, 9.17) is 0 Å². The molecule has 0 N–H and O–H groups in total. The van der Waals surface area contributed by atoms with Crippen LogP contribution >= 0.6 is 0 Å². The highest BCUT2D eigenvalue weighted by atomic mass is 16.1. The van der Waals surface area contributed by atoms with Crippen LogP contribution in [0.3, 0.4) is 0 Å². The first-order valence-electron chi connectivity index (χ1n) is 9.03. The Labute approximate surface area is 149 Å². The van der Waals surface area contributed by atoms with Gasteiger partial charge in [-0.3, -0.25) is 4.79 Å². The Balaban J connectivity index is 1.51. The molecule has 2 aromatic carbocycles. The van der Waals surface area contributed by atoms with E-state index >= 15 is 0 Å². The number of fused-ring (bicyclic) bond motifs is 1. The average molecular weight is 326 g/mol. The summed E-state index contributed by atoms with van der Waals surface area (Å²) in [5.41, 5.74) is 8.60. The molecule has 124 valence electrons. The Morgan fingerprint density at radius 3 is 2.64 bits per heavy atom. The summed E-state index contributed by atoms with van der Waals surface area (Å²) in [6.45, 7) is 2.13. The minimum atomic E-state index is 0.255. The van der Waals surface area contributed by atoms with Crippen molar-refractivity contribution >= 4 is 17.4 Å². The Kier molecular flexibility index (Phi) is 4.23. The maximum atomic E-state index is 12.5. The molecule has 2 aliphatic carbocycles. The summed E-state index contributed by atoms with van der Waals surface area (Å²) in [6.07, 6.45) is 9.78. The van der Waals surface area contributed by atoms with Crippen LogP contribution in [-0.2, 0) is 17.6 Å². The van der Waals surface area contributed by atoms with Gasteiger partial charge in [-0.1, -0.05) is 79.3 Å². The topological polar surface area (TPSA) is 17.1 Å². The number of allylic oxidation sites excluding steroid dienone is 5. The molecule has 25 heavy (non-hydrogen) atoms. The number of hydrogen-bond donors (Lipinski definition) is 0. The lowest BCUT2D eigenvalue weighted by atomic mass is 9.99. The third-order valence-corrected chi connectivity index (χ3v) is 5.14. The number of ketones is 1. The van der Waals surface area contributed by atoms with Gasteiger partial charge in [-0.05, 0) is 52.7 Å². The van der Waals surface area contributed by atoms with Crippen molar-refractivity contribution in [2.75, 3.05) is 0 Å². The van der Waals surface area contributed by atoms with Crippen LogP contribution in [0.25, 0.3) is 11.6 Å². The number of carbonyl (C=O) groups is 1. The molecule has 2 aliphatic rings. The van der Waals surface area contributed by atoms with Crippen molar-refractivity contribution in [3.05, 3.63) is 94.1 Å². The molecule has 1 heteroatoms. The third-order valence-electron chi connectivity index (χ3n) is 5.14. The second-order valence-electron chi connectivity index (χ2n) is 6.85. The lowest BCUT2D eigenvalue weighted by Gasteiger charge is -2.05. The number of hydrogen-bond acceptors (Lipinski definition) is 1. The van der Waals surface area contributed by atoms with Gasteiger partial charge >= 0.3 is 0 Å². The van der Waals surface area contributed by atoms with Crippen molar-refractivity contribution < 1.29 is 4.79 Å². The number of benzene rings is 2. The van der Waals surface area contributed by atoms with Crippen molar-refractivity contribution in [1.82, 2.24) is 0 Å². The first-order chi connectivity index (χ1) is 12.2. The minimum absolute atomic E-state index is 0.255. The lowest BCUT2D eigenvalue weighted by molar-refractivity contribution is -0.115. The molecule has 0 aromatic heterocycles. The van der Waals surface area contributed by atoms with Crippen molar-refractivity contribution in [2.24, 2.45) is 0 Å². The van der Waals surface area contributed by atoms with Gasteiger partial charge < -0.3 is 0 Å². The van der Waals surface area contributed by atoms with Gasteiger partial charge in [0.05, 0.1) is 0 Å². The van der Waals surface area contributed by atoms with Gasteiger partial charge in [-0.15, -0.1) is 0 Å². The summed E-state index contributed by atoms with van der Waals surface area (Å²) in [5, 5.41) is 0. The second kappa shape index (κ2) is 6.68. The zero-order chi connectivity index (χ0) is 17.2. The highest BCUT2D eigenvalue weighted by molar-refractivity contribution is 5.98. The highest BCUT2D eigenvalue weighted by Crippen LogP contribution is 2.32. The molecule has 2 aromatic rings. The van der Waals surface area contributed by atoms with E-state index in [1.165, 1.54) is 27.8 Å². The SMILES string of the molecule is CCC1=CCC(C(=O)Cc2ccc3c(c2)C=C(c2ccccc2)C3)=C1. The second-order valence-corrected chi connectivity index (χ2v) is 6.85. The predicted octanol–water partition coefficient (Wildman–Crippen LogP) is 5.56. The molecule has 4 rings (SSSR count). The Morgan fingerprint density at radius 2 is 1.88 bits per heavy atom. The fraction of sp³-hybridized carbons (Fsp3) is 0.208. The highest BCUT2D eigenvalue weighted by Gasteiger charge is 2.17. The zero-order valence-corrected chi connectivity index (χ0v) is 14.6. The van der Waals surface area contributed by atoms with E-state index in [9.17, 15) is 4.79 Å². The summed E-state index contributed by atoms with van der Waals surface area (Å²) in [6, 6.07) is 17.0. The van der Waals surface area contributed by atoms with Gasteiger partial charge in [-0.2, -0.15) is 0 Å². The van der Waals surface area contributed by atoms with Crippen LogP contribution in [0.2, 0.25) is 0 Å². The lowest BCUT2D eigenvalue weighted by Crippen LogP contribution is -2.05. The van der Waals surface area contributed by atoms with Gasteiger partial charge in [0.2, 0.25) is 0 Å². The predicted molar refractivity (Wildman–Crippen MR) is 104 cm³/mol. The molecule has 0 saturated heterocycles. The number of Topliss-reactive ketones (excluding diaryl/α,β-unsaturated/α-hetero) is 1. The van der Waals surface area contributed by atoms with Crippen molar-refractivity contribution in [2.45, 2.75) is 32.6 Å². The molecule has 0 spiro atoms. The quantitative estimate of drug-likeness (QED) is 0.703. The molecule has 0 saturated carbocycles. The number of carbonyl (C=O) groups excluding carboxylic acids is 1. The van der Waals surface area contributed by atoms with Gasteiger partial charge in [0.15, 0.2) is 5.78 Å². The van der Waals surface area contributed by atoms with E-state index < -0.39 is 0 Å². The van der Waals surface area contributed by atoms with Crippen LogP contribution in [0.5, 0.6) is 0 Å². The Bertz CT molecular complexity index is 910. The molecule has 1 nitrogen and oxygen atoms in total. The summed E-state index contributed by atoms with van der Waals surface area (Å²) in [7, 11) is 0. The summed E-state index contributed by atoms with van der Waals surface area (Å²) >= 11 is 0. The van der Waals surface area contributed by atoms with E-state index in [1.807, 2.05) is 6.07 Å². The van der Waals surface area contributed by atoms with Crippen LogP contribution in [0.4, 0.5) is 0 Å². The van der Waals surface area contributed by atoms with Crippen LogP contribution in [0, 0.1) is 0 Å². The van der Waals surface area contributed by atoms with E-state index in [0.29, 0.717) is 6.42 Å². The average Bonchev–Trinajstić information content (AvgIpc) is 3.29. The van der Waals surface area contributed by atoms with E-state index in [0.717, 1.165) is 30.4 Å². The molecule has 0 heterocycles. The molecule has 0 radical (unpaired) electrons. The molecule has 0 fully saturated rings. The van der Waals surface area contributed by atoms with Crippen molar-refractivity contribution in [3.8, 4) is 0 Å². The van der Waals surface area contributed by atoms with Crippen molar-refractivity contribution in [3.63, 3.8) is 0 Å². The molecular formula is C24H22O. The molecule has 0 aliphatic heterocycles. The summed E-state index contributed by atoms with van der Waals surface area (Å²) < 4.78 is 0. The van der Waals surface area contributed by atoms with Crippen molar-refractivity contribution in [1.29, 1.82) is 0 Å². The largest absolute Gasteiger partial charge is 0.294 e. The fourth-order valence-electron chi connectivity index (χ4n) is 3.65. The van der Waals surface area contributed by atoms with Crippen LogP contribution < -0.4 is 0 Å². The fourth-order valence-corrected chi connectivity index (χ4v) is 3.65. The molecule has 0 unspecified atom stereocenters. The molecule has 0 bridgehead atoms. The Hall–Kier alpha value is -2.67. The van der Waals surface area contributed by atoms with Crippen LogP contribution in [0.1, 0.15) is 42.0 Å². The maximum Gasteiger partial charge on any atom is 0.163 e. The first-order valence-corrected chi connectivity index (χ1v) is 9.03. The summed E-state index contributed by atoms with van der Waals surface area (Å²) in [5.74, 6) is 0.255. The smallest absolute Gasteiger partial charge is 0.163 e. The van der Waals surface area contributed by atoms with Gasteiger partial charge in [0, 0.05) is 6.42 Å².